The summed E-state index contributed by atoms with van der Waals surface area (Å²) in [5.74, 6) is 0.632. The largest absolute Gasteiger partial charge is 0.387 e. The molecule has 0 aliphatic carbocycles. The summed E-state index contributed by atoms with van der Waals surface area (Å²) in [6, 6.07) is 8.86. The molecule has 1 N–H and O–H groups in total. The monoisotopic (exact) mass is 886 g/mol. The Morgan fingerprint density at radius 3 is 1.57 bits per heavy atom. The zero-order valence-electron chi connectivity index (χ0n) is 35.6. The average molecular weight is 889 g/mol. The quantitative estimate of drug-likeness (QED) is 0.160. The molecular formula is C48H64Br2N4O2. The van der Waals surface area contributed by atoms with E-state index < -0.39 is 6.10 Å². The minimum atomic E-state index is -0.473. The van der Waals surface area contributed by atoms with Crippen molar-refractivity contribution in [1.29, 1.82) is 0 Å². The minimum Gasteiger partial charge on any atom is -0.387 e. The molecule has 6 nitrogen and oxygen atoms in total. The second kappa shape index (κ2) is 19.8. The number of rotatable bonds is 10. The van der Waals surface area contributed by atoms with Crippen molar-refractivity contribution in [2.24, 2.45) is 11.8 Å². The number of aromatic nitrogens is 2. The van der Waals surface area contributed by atoms with Gasteiger partial charge in [0.15, 0.2) is 5.78 Å². The van der Waals surface area contributed by atoms with Gasteiger partial charge in [0, 0.05) is 27.3 Å². The van der Waals surface area contributed by atoms with Crippen LogP contribution in [-0.4, -0.2) is 70.9 Å². The van der Waals surface area contributed by atoms with Crippen LogP contribution < -0.4 is 0 Å². The van der Waals surface area contributed by atoms with Gasteiger partial charge < -0.3 is 14.9 Å². The van der Waals surface area contributed by atoms with Crippen LogP contribution in [0.3, 0.4) is 0 Å². The first kappa shape index (κ1) is 44.4. The molecule has 6 rings (SSSR count). The Balaban J connectivity index is 0.000000214. The number of aliphatic hydroxyl groups is 1. The predicted molar refractivity (Wildman–Crippen MR) is 239 cm³/mol. The number of carbonyl (C=O) groups is 1. The van der Waals surface area contributed by atoms with Gasteiger partial charge in [0.1, 0.15) is 5.69 Å². The van der Waals surface area contributed by atoms with Crippen LogP contribution in [0.4, 0.5) is 0 Å². The molecule has 0 saturated carbocycles. The summed E-state index contributed by atoms with van der Waals surface area (Å²) in [5, 5.41) is 11.1. The van der Waals surface area contributed by atoms with Crippen LogP contribution >= 0.6 is 31.9 Å². The summed E-state index contributed by atoms with van der Waals surface area (Å²) < 4.78 is 1.92. The lowest BCUT2D eigenvalue weighted by Crippen LogP contribution is -2.34. The lowest BCUT2D eigenvalue weighted by Gasteiger charge is -2.32. The summed E-state index contributed by atoms with van der Waals surface area (Å²) in [5.41, 5.74) is 17.6. The van der Waals surface area contributed by atoms with Crippen LogP contribution in [0.15, 0.2) is 45.6 Å². The SMILES string of the molecule is Cc1cc(CCc2cc(Br)cnc2C(=O)C2CCN(C)CC2)c(C)c(C)c1C.Cc1cc(CCc2cc(Br)cnc2C(O)C2CCN(C)CC2)c(C)c(C)c1C. The van der Waals surface area contributed by atoms with Crippen molar-refractivity contribution in [3.63, 3.8) is 0 Å². The van der Waals surface area contributed by atoms with Crippen LogP contribution in [-0.2, 0) is 25.7 Å². The summed E-state index contributed by atoms with van der Waals surface area (Å²) in [6.07, 6.45) is 10.7. The fourth-order valence-electron chi connectivity index (χ4n) is 8.53. The third kappa shape index (κ3) is 10.8. The van der Waals surface area contributed by atoms with E-state index in [0.717, 1.165) is 103 Å². The molecule has 0 amide bonds. The molecule has 2 saturated heterocycles. The van der Waals surface area contributed by atoms with Crippen LogP contribution in [0.25, 0.3) is 0 Å². The van der Waals surface area contributed by atoms with Crippen molar-refractivity contribution in [1.82, 2.24) is 19.8 Å². The third-order valence-electron chi connectivity index (χ3n) is 13.2. The molecular weight excluding hydrogens is 824 g/mol. The molecule has 4 aromatic rings. The fourth-order valence-corrected chi connectivity index (χ4v) is 9.29. The standard InChI is InChI=1S/C24H33BrN2O.C24H31BrN2O/c2*1-15-12-20(18(4)17(3)16(15)2)6-7-21-13-22(25)14-26-23(21)24(28)19-8-10-27(5)11-9-19/h12-14,19,24,28H,6-11H2,1-5H3;12-14,19H,6-11H2,1-5H3. The Kier molecular flexibility index (Phi) is 15.7. The maximum atomic E-state index is 13.2. The Bertz CT molecular complexity index is 2010. The van der Waals surface area contributed by atoms with E-state index in [1.54, 1.807) is 6.20 Å². The number of likely N-dealkylation sites (tertiary alicyclic amines) is 2. The number of hydrogen-bond acceptors (Lipinski definition) is 6. The third-order valence-corrected chi connectivity index (χ3v) is 14.1. The second-order valence-electron chi connectivity index (χ2n) is 16.8. The first-order valence-electron chi connectivity index (χ1n) is 20.6. The molecule has 2 aromatic carbocycles. The molecule has 0 radical (unpaired) electrons. The topological polar surface area (TPSA) is 69.6 Å². The lowest BCUT2D eigenvalue weighted by atomic mass is 9.86. The zero-order chi connectivity index (χ0) is 40.8. The van der Waals surface area contributed by atoms with E-state index in [4.69, 9.17) is 0 Å². The number of pyridine rings is 2. The molecule has 4 heterocycles. The highest BCUT2D eigenvalue weighted by atomic mass is 79.9. The van der Waals surface area contributed by atoms with E-state index in [1.165, 1.54) is 55.6 Å². The Hall–Kier alpha value is -2.75. The highest BCUT2D eigenvalue weighted by Gasteiger charge is 2.29. The molecule has 2 aliphatic rings. The summed E-state index contributed by atoms with van der Waals surface area (Å²) >= 11 is 7.11. The molecule has 8 heteroatoms. The summed E-state index contributed by atoms with van der Waals surface area (Å²) in [6.45, 7) is 21.7. The van der Waals surface area contributed by atoms with E-state index in [0.29, 0.717) is 11.6 Å². The number of hydrogen-bond donors (Lipinski definition) is 1. The van der Waals surface area contributed by atoms with Crippen molar-refractivity contribution in [3.05, 3.63) is 124 Å². The maximum Gasteiger partial charge on any atom is 0.184 e. The average Bonchev–Trinajstić information content (AvgIpc) is 3.18. The van der Waals surface area contributed by atoms with E-state index in [9.17, 15) is 9.90 Å². The summed E-state index contributed by atoms with van der Waals surface area (Å²) in [7, 11) is 4.28. The van der Waals surface area contributed by atoms with Gasteiger partial charge in [-0.25, -0.2) is 0 Å². The van der Waals surface area contributed by atoms with Crippen LogP contribution in [0.1, 0.15) is 115 Å². The molecule has 2 aliphatic heterocycles. The van der Waals surface area contributed by atoms with Crippen molar-refractivity contribution < 1.29 is 9.90 Å². The number of halogens is 2. The van der Waals surface area contributed by atoms with Gasteiger partial charge in [-0.3, -0.25) is 14.8 Å². The zero-order valence-corrected chi connectivity index (χ0v) is 38.8. The van der Waals surface area contributed by atoms with Gasteiger partial charge in [-0.15, -0.1) is 0 Å². The number of benzene rings is 2. The minimum absolute atomic E-state index is 0.106. The Morgan fingerprint density at radius 2 is 1.05 bits per heavy atom. The van der Waals surface area contributed by atoms with Crippen molar-refractivity contribution in [3.8, 4) is 0 Å². The van der Waals surface area contributed by atoms with Gasteiger partial charge >= 0.3 is 0 Å². The van der Waals surface area contributed by atoms with E-state index in [1.807, 2.05) is 6.20 Å². The van der Waals surface area contributed by atoms with Gasteiger partial charge in [0.25, 0.3) is 0 Å². The first-order valence-corrected chi connectivity index (χ1v) is 22.1. The number of aliphatic hydroxyl groups excluding tert-OH is 1. The predicted octanol–water partition coefficient (Wildman–Crippen LogP) is 10.6. The highest BCUT2D eigenvalue weighted by molar-refractivity contribution is 9.10. The van der Waals surface area contributed by atoms with Crippen LogP contribution in [0.2, 0.25) is 0 Å². The number of Topliss-reactive ketones (excluding diaryl/α,β-unsaturated/α-hetero) is 1. The Labute approximate surface area is 354 Å². The van der Waals surface area contributed by atoms with Crippen LogP contribution in [0, 0.1) is 67.2 Å². The van der Waals surface area contributed by atoms with Gasteiger partial charge in [0.05, 0.1) is 11.8 Å². The molecule has 2 fully saturated rings. The van der Waals surface area contributed by atoms with Gasteiger partial charge in [-0.1, -0.05) is 12.1 Å². The highest BCUT2D eigenvalue weighted by Crippen LogP contribution is 2.33. The second-order valence-corrected chi connectivity index (χ2v) is 18.7. The molecule has 1 atom stereocenters. The van der Waals surface area contributed by atoms with E-state index in [2.05, 4.69) is 145 Å². The molecule has 0 bridgehead atoms. The van der Waals surface area contributed by atoms with Crippen molar-refractivity contribution in [2.45, 2.75) is 113 Å². The fraction of sp³-hybridized carbons (Fsp3) is 0.521. The van der Waals surface area contributed by atoms with Crippen molar-refractivity contribution in [2.75, 3.05) is 40.3 Å². The number of nitrogens with zero attached hydrogens (tertiary/aromatic N) is 4. The normalized spacial score (nSPS) is 16.4. The van der Waals surface area contributed by atoms with Crippen molar-refractivity contribution >= 4 is 37.6 Å². The van der Waals surface area contributed by atoms with Crippen LogP contribution in [0.5, 0.6) is 0 Å². The van der Waals surface area contributed by atoms with Gasteiger partial charge in [-0.05, 0) is 264 Å². The summed E-state index contributed by atoms with van der Waals surface area (Å²) in [4.78, 5) is 27.0. The first-order chi connectivity index (χ1) is 26.5. The maximum absolute atomic E-state index is 13.2. The number of carbonyl (C=O) groups excluding carboxylic acids is 1. The van der Waals surface area contributed by atoms with E-state index >= 15 is 0 Å². The number of aryl methyl sites for hydroxylation is 6. The van der Waals surface area contributed by atoms with Gasteiger partial charge in [-0.2, -0.15) is 0 Å². The molecule has 1 unspecified atom stereocenters. The number of piperidine rings is 2. The molecule has 302 valence electrons. The van der Waals surface area contributed by atoms with Gasteiger partial charge in [0.2, 0.25) is 0 Å². The lowest BCUT2D eigenvalue weighted by molar-refractivity contribution is 0.0619. The Morgan fingerprint density at radius 1 is 0.625 bits per heavy atom. The smallest absolute Gasteiger partial charge is 0.184 e. The molecule has 0 spiro atoms. The van der Waals surface area contributed by atoms with E-state index in [-0.39, 0.29) is 11.7 Å². The molecule has 2 aromatic heterocycles. The molecule has 56 heavy (non-hydrogen) atoms. The number of ketones is 1.